The van der Waals surface area contributed by atoms with E-state index < -0.39 is 0 Å². The molecule has 294 valence electrons. The predicted molar refractivity (Wildman–Crippen MR) is 250 cm³/mol. The number of hydrogen-bond acceptors (Lipinski definition) is 5. The van der Waals surface area contributed by atoms with Crippen molar-refractivity contribution in [3.05, 3.63) is 205 Å². The summed E-state index contributed by atoms with van der Waals surface area (Å²) in [6, 6.07) is 64.3. The number of rotatable bonds is 7. The highest BCUT2D eigenvalue weighted by Crippen LogP contribution is 2.56. The maximum atomic E-state index is 9.74. The normalized spacial score (nSPS) is 13.6. The van der Waals surface area contributed by atoms with Gasteiger partial charge in [-0.15, -0.1) is 0 Å². The number of pyridine rings is 1. The third kappa shape index (κ3) is 6.76. The van der Waals surface area contributed by atoms with Crippen LogP contribution >= 0.6 is 0 Å². The highest BCUT2D eigenvalue weighted by molar-refractivity contribution is 5.85. The zero-order chi connectivity index (χ0) is 41.5. The van der Waals surface area contributed by atoms with Crippen molar-refractivity contribution in [2.24, 2.45) is 0 Å². The van der Waals surface area contributed by atoms with E-state index in [2.05, 4.69) is 145 Å². The van der Waals surface area contributed by atoms with Gasteiger partial charge in [0.25, 0.3) is 0 Å². The van der Waals surface area contributed by atoms with E-state index in [4.69, 9.17) is 15.0 Å². The van der Waals surface area contributed by atoms with Crippen LogP contribution in [0.25, 0.3) is 89.8 Å². The number of hydrogen-bond donors (Lipinski definition) is 0. The molecule has 0 amide bonds. The van der Waals surface area contributed by atoms with Gasteiger partial charge in [-0.3, -0.25) is 4.98 Å². The largest absolute Gasteiger partial charge is 0.264 e. The molecule has 11 rings (SSSR count). The predicted octanol–water partition coefficient (Wildman–Crippen LogP) is 14.0. The quantitative estimate of drug-likeness (QED) is 0.161. The van der Waals surface area contributed by atoms with Crippen molar-refractivity contribution in [3.63, 3.8) is 0 Å². The van der Waals surface area contributed by atoms with Crippen molar-refractivity contribution < 1.29 is 0 Å². The second-order valence-corrected chi connectivity index (χ2v) is 16.5. The van der Waals surface area contributed by atoms with Crippen LogP contribution in [0.4, 0.5) is 0 Å². The first kappa shape index (κ1) is 37.2. The van der Waals surface area contributed by atoms with Crippen LogP contribution in [0.3, 0.4) is 0 Å². The molecule has 0 N–H and O–H groups in total. The molecule has 1 saturated carbocycles. The van der Waals surface area contributed by atoms with E-state index in [-0.39, 0.29) is 5.41 Å². The first-order valence-corrected chi connectivity index (χ1v) is 21.5. The Kier molecular flexibility index (Phi) is 9.40. The summed E-state index contributed by atoms with van der Waals surface area (Å²) in [4.78, 5) is 19.2. The lowest BCUT2D eigenvalue weighted by Crippen LogP contribution is -2.28. The van der Waals surface area contributed by atoms with E-state index in [1.807, 2.05) is 48.7 Å². The summed E-state index contributed by atoms with van der Waals surface area (Å²) in [6.45, 7) is 0. The molecule has 0 aliphatic heterocycles. The SMILES string of the molecule is N#Cc1ccc2c(c1)C1(CCCCC1)c1cc(-c3ccc(-c4cccc(-c5ccc(-c6nc(-c7ccccc7)nc(-c7ccc(-c8cccnc8)cc7)n6)cc5)c4)cc3)ccc1-2. The molecule has 0 radical (unpaired) electrons. The van der Waals surface area contributed by atoms with Gasteiger partial charge in [-0.2, -0.15) is 5.26 Å². The van der Waals surface area contributed by atoms with Crippen LogP contribution in [0.5, 0.6) is 0 Å². The lowest BCUT2D eigenvalue weighted by molar-refractivity contribution is 0.353. The molecule has 2 aliphatic rings. The fourth-order valence-electron chi connectivity index (χ4n) is 9.68. The highest BCUT2D eigenvalue weighted by atomic mass is 15.0. The van der Waals surface area contributed by atoms with Gasteiger partial charge in [-0.25, -0.2) is 15.0 Å². The number of aromatic nitrogens is 4. The summed E-state index contributed by atoms with van der Waals surface area (Å²) in [5.41, 5.74) is 18.1. The van der Waals surface area contributed by atoms with Gasteiger partial charge in [0.15, 0.2) is 17.5 Å². The van der Waals surface area contributed by atoms with Crippen molar-refractivity contribution in [2.45, 2.75) is 37.5 Å². The van der Waals surface area contributed by atoms with E-state index in [9.17, 15) is 5.26 Å². The molecule has 0 atom stereocenters. The van der Waals surface area contributed by atoms with E-state index in [0.717, 1.165) is 57.3 Å². The topological polar surface area (TPSA) is 75.3 Å². The van der Waals surface area contributed by atoms with Crippen molar-refractivity contribution in [1.82, 2.24) is 19.9 Å². The lowest BCUT2D eigenvalue weighted by atomic mass is 9.67. The van der Waals surface area contributed by atoms with Gasteiger partial charge >= 0.3 is 0 Å². The Morgan fingerprint density at radius 1 is 0.387 bits per heavy atom. The van der Waals surface area contributed by atoms with Crippen LogP contribution < -0.4 is 0 Å². The Hall–Kier alpha value is -7.81. The van der Waals surface area contributed by atoms with Crippen LogP contribution in [0.1, 0.15) is 48.8 Å². The maximum Gasteiger partial charge on any atom is 0.164 e. The molecule has 1 spiro atoms. The molecular weight excluding hydrogens is 755 g/mol. The number of nitrogens with zero attached hydrogens (tertiary/aromatic N) is 5. The highest BCUT2D eigenvalue weighted by Gasteiger charge is 2.44. The Morgan fingerprint density at radius 2 is 0.839 bits per heavy atom. The second-order valence-electron chi connectivity index (χ2n) is 16.5. The van der Waals surface area contributed by atoms with E-state index in [1.165, 1.54) is 63.8 Å². The van der Waals surface area contributed by atoms with Crippen molar-refractivity contribution in [3.8, 4) is 95.9 Å². The molecule has 5 heteroatoms. The Morgan fingerprint density at radius 3 is 1.39 bits per heavy atom. The summed E-state index contributed by atoms with van der Waals surface area (Å²) >= 11 is 0. The lowest BCUT2D eigenvalue weighted by Gasteiger charge is -2.36. The first-order chi connectivity index (χ1) is 30.6. The number of fused-ring (bicyclic) bond motifs is 5. The van der Waals surface area contributed by atoms with Gasteiger partial charge in [0.05, 0.1) is 11.6 Å². The van der Waals surface area contributed by atoms with E-state index in [1.54, 1.807) is 6.20 Å². The molecule has 5 nitrogen and oxygen atoms in total. The van der Waals surface area contributed by atoms with Gasteiger partial charge in [-0.1, -0.05) is 165 Å². The standard InChI is InChI=1S/C57H41N5/c58-36-38-14-28-50-51-29-27-48(35-53(51)57(52(50)33-38)30-5-2-6-31-57)41-17-15-39(16-18-41)46-11-7-12-47(34-46)40-19-23-44(24-20-40)55-60-54(43-9-3-1-4-10-43)61-56(62-55)45-25-21-42(22-26-45)49-13-8-32-59-37-49/h1,3-4,7-29,32-35,37H,2,5-6,30-31H2. The van der Waals surface area contributed by atoms with Crippen molar-refractivity contribution >= 4 is 0 Å². The minimum absolute atomic E-state index is 0.00196. The minimum Gasteiger partial charge on any atom is -0.264 e. The van der Waals surface area contributed by atoms with Crippen LogP contribution in [0, 0.1) is 11.3 Å². The number of nitriles is 1. The van der Waals surface area contributed by atoms with Gasteiger partial charge in [0.1, 0.15) is 0 Å². The zero-order valence-corrected chi connectivity index (χ0v) is 34.2. The smallest absolute Gasteiger partial charge is 0.164 e. The molecule has 0 bridgehead atoms. The molecule has 1 fully saturated rings. The fourth-order valence-corrected chi connectivity index (χ4v) is 9.68. The molecule has 9 aromatic rings. The summed E-state index contributed by atoms with van der Waals surface area (Å²) < 4.78 is 0. The monoisotopic (exact) mass is 795 g/mol. The van der Waals surface area contributed by atoms with Crippen molar-refractivity contribution in [1.29, 1.82) is 5.26 Å². The van der Waals surface area contributed by atoms with E-state index >= 15 is 0 Å². The molecule has 2 aliphatic carbocycles. The maximum absolute atomic E-state index is 9.74. The molecule has 0 saturated heterocycles. The molecule has 0 unspecified atom stereocenters. The Bertz CT molecular complexity index is 3130. The molecular formula is C57H41N5. The third-order valence-electron chi connectivity index (χ3n) is 12.9. The van der Waals surface area contributed by atoms with Gasteiger partial charge in [-0.05, 0) is 110 Å². The molecule has 2 aromatic heterocycles. The molecule has 2 heterocycles. The zero-order valence-electron chi connectivity index (χ0n) is 34.2. The average molecular weight is 796 g/mol. The summed E-state index contributed by atoms with van der Waals surface area (Å²) in [5.74, 6) is 1.88. The van der Waals surface area contributed by atoms with Crippen LogP contribution in [0.2, 0.25) is 0 Å². The van der Waals surface area contributed by atoms with Gasteiger partial charge in [0.2, 0.25) is 0 Å². The van der Waals surface area contributed by atoms with Crippen molar-refractivity contribution in [2.75, 3.05) is 0 Å². The van der Waals surface area contributed by atoms with Gasteiger partial charge in [0, 0.05) is 34.5 Å². The average Bonchev–Trinajstić information content (AvgIpc) is 3.61. The van der Waals surface area contributed by atoms with Crippen LogP contribution in [0.15, 0.2) is 188 Å². The number of benzene rings is 7. The van der Waals surface area contributed by atoms with Crippen LogP contribution in [-0.2, 0) is 5.41 Å². The Balaban J connectivity index is 0.863. The first-order valence-electron chi connectivity index (χ1n) is 21.5. The summed E-state index contributed by atoms with van der Waals surface area (Å²) in [5, 5.41) is 9.74. The minimum atomic E-state index is -0.00196. The second kappa shape index (κ2) is 15.7. The summed E-state index contributed by atoms with van der Waals surface area (Å²) in [7, 11) is 0. The molecule has 62 heavy (non-hydrogen) atoms. The molecule has 7 aromatic carbocycles. The van der Waals surface area contributed by atoms with E-state index in [0.29, 0.717) is 17.5 Å². The third-order valence-corrected chi connectivity index (χ3v) is 12.9. The Labute approximate surface area is 362 Å². The fraction of sp³-hybridized carbons (Fsp3) is 0.105. The van der Waals surface area contributed by atoms with Gasteiger partial charge < -0.3 is 0 Å². The summed E-state index contributed by atoms with van der Waals surface area (Å²) in [6.07, 6.45) is 9.65. The van der Waals surface area contributed by atoms with Crippen LogP contribution in [-0.4, -0.2) is 19.9 Å².